The Balaban J connectivity index is 1.57. The maximum atomic E-state index is 11.4. The maximum Gasteiger partial charge on any atom is 0.302 e. The number of allylic oxidation sites excluding steroid dienone is 2. The molecule has 3 saturated carbocycles. The molecule has 7 atom stereocenters. The Morgan fingerprint density at radius 3 is 2.61 bits per heavy atom. The summed E-state index contributed by atoms with van der Waals surface area (Å²) in [6, 6.07) is 0. The van der Waals surface area contributed by atoms with Gasteiger partial charge in [-0.1, -0.05) is 25.5 Å². The quantitative estimate of drug-likeness (QED) is 0.337. The topological polar surface area (TPSA) is 35.5 Å². The van der Waals surface area contributed by atoms with Gasteiger partial charge in [-0.2, -0.15) is 0 Å². The molecule has 4 aliphatic carbocycles. The average Bonchev–Trinajstić information content (AvgIpc) is 2.99. The smallest absolute Gasteiger partial charge is 0.302 e. The van der Waals surface area contributed by atoms with Crippen LogP contribution in [-0.2, 0) is 14.3 Å². The normalized spacial score (nSPS) is 45.4. The van der Waals surface area contributed by atoms with Crippen molar-refractivity contribution in [3.8, 4) is 0 Å². The van der Waals surface area contributed by atoms with Crippen LogP contribution in [0.25, 0.3) is 0 Å². The highest BCUT2D eigenvalue weighted by molar-refractivity contribution is 5.66. The Morgan fingerprint density at radius 1 is 1.11 bits per heavy atom. The summed E-state index contributed by atoms with van der Waals surface area (Å²) >= 11 is 0. The molecule has 0 bridgehead atoms. The second-order valence-corrected chi connectivity index (χ2v) is 10.5. The van der Waals surface area contributed by atoms with E-state index in [9.17, 15) is 4.79 Å². The van der Waals surface area contributed by atoms with Gasteiger partial charge in [0.2, 0.25) is 0 Å². The van der Waals surface area contributed by atoms with Crippen molar-refractivity contribution in [1.82, 2.24) is 0 Å². The number of carbonyl (C=O) groups is 1. The van der Waals surface area contributed by atoms with Crippen LogP contribution in [0.15, 0.2) is 23.5 Å². The van der Waals surface area contributed by atoms with Gasteiger partial charge in [0, 0.05) is 13.3 Å². The summed E-state index contributed by atoms with van der Waals surface area (Å²) < 4.78 is 10.9. The van der Waals surface area contributed by atoms with Crippen LogP contribution >= 0.6 is 0 Å². The van der Waals surface area contributed by atoms with E-state index in [1.165, 1.54) is 51.0 Å². The van der Waals surface area contributed by atoms with Crippen molar-refractivity contribution in [1.29, 1.82) is 0 Å². The van der Waals surface area contributed by atoms with Crippen molar-refractivity contribution >= 4 is 5.97 Å². The summed E-state index contributed by atoms with van der Waals surface area (Å²) in [7, 11) is 1.77. The number of ether oxygens (including phenoxy) is 2. The highest BCUT2D eigenvalue weighted by atomic mass is 16.5. The monoisotopic (exact) mass is 386 g/mol. The zero-order chi connectivity index (χ0) is 20.1. The SMILES string of the molecule is CO/C=C(\C)[C@H]1CC[C@H]2[C@@H]3CC=C4C[C@@H](OC(C)=O)CC[C@]4(C)[C@H]3CC[C@]12C. The van der Waals surface area contributed by atoms with Gasteiger partial charge < -0.3 is 9.47 Å². The first kappa shape index (κ1) is 20.0. The van der Waals surface area contributed by atoms with Crippen LogP contribution in [0.5, 0.6) is 0 Å². The molecular weight excluding hydrogens is 348 g/mol. The fourth-order valence-corrected chi connectivity index (χ4v) is 7.98. The lowest BCUT2D eigenvalue weighted by atomic mass is 9.47. The molecule has 28 heavy (non-hydrogen) atoms. The zero-order valence-electron chi connectivity index (χ0n) is 18.4. The van der Waals surface area contributed by atoms with Crippen molar-refractivity contribution < 1.29 is 14.3 Å². The number of hydrogen-bond acceptors (Lipinski definition) is 3. The van der Waals surface area contributed by atoms with Crippen molar-refractivity contribution in [3.05, 3.63) is 23.5 Å². The Hall–Kier alpha value is -1.25. The van der Waals surface area contributed by atoms with E-state index in [1.807, 2.05) is 6.26 Å². The minimum absolute atomic E-state index is 0.0972. The van der Waals surface area contributed by atoms with E-state index in [0.29, 0.717) is 16.7 Å². The van der Waals surface area contributed by atoms with E-state index in [2.05, 4.69) is 26.8 Å². The minimum Gasteiger partial charge on any atom is -0.504 e. The van der Waals surface area contributed by atoms with E-state index in [4.69, 9.17) is 9.47 Å². The highest BCUT2D eigenvalue weighted by Gasteiger charge is 2.58. The van der Waals surface area contributed by atoms with Crippen LogP contribution < -0.4 is 0 Å². The van der Waals surface area contributed by atoms with Crippen LogP contribution in [0, 0.1) is 34.5 Å². The lowest BCUT2D eigenvalue weighted by Crippen LogP contribution is -2.50. The molecule has 0 aromatic carbocycles. The molecule has 0 N–H and O–H groups in total. The molecule has 0 unspecified atom stereocenters. The molecule has 3 heteroatoms. The van der Waals surface area contributed by atoms with Gasteiger partial charge in [-0.25, -0.2) is 0 Å². The largest absolute Gasteiger partial charge is 0.504 e. The number of rotatable bonds is 3. The Labute approximate surface area is 170 Å². The van der Waals surface area contributed by atoms with E-state index in [-0.39, 0.29) is 12.1 Å². The second-order valence-electron chi connectivity index (χ2n) is 10.5. The van der Waals surface area contributed by atoms with Crippen molar-refractivity contribution in [3.63, 3.8) is 0 Å². The number of hydrogen-bond donors (Lipinski definition) is 0. The molecule has 4 rings (SSSR count). The highest BCUT2D eigenvalue weighted by Crippen LogP contribution is 2.67. The number of methoxy groups -OCH3 is 1. The average molecular weight is 387 g/mol. The summed E-state index contributed by atoms with van der Waals surface area (Å²) in [4.78, 5) is 11.4. The maximum absolute atomic E-state index is 11.4. The minimum atomic E-state index is -0.132. The Bertz CT molecular complexity index is 692. The third-order valence-electron chi connectivity index (χ3n) is 9.24. The molecule has 0 aromatic heterocycles. The van der Waals surface area contributed by atoms with E-state index in [1.54, 1.807) is 12.7 Å². The first-order valence-electron chi connectivity index (χ1n) is 11.4. The zero-order valence-corrected chi connectivity index (χ0v) is 18.4. The summed E-state index contributed by atoms with van der Waals surface area (Å²) in [5, 5.41) is 0. The van der Waals surface area contributed by atoms with E-state index >= 15 is 0 Å². The van der Waals surface area contributed by atoms with Crippen LogP contribution in [0.2, 0.25) is 0 Å². The summed E-state index contributed by atoms with van der Waals surface area (Å²) in [6.45, 7) is 8.89. The molecule has 0 radical (unpaired) electrons. The number of esters is 1. The fourth-order valence-electron chi connectivity index (χ4n) is 7.98. The molecule has 3 fully saturated rings. The van der Waals surface area contributed by atoms with Crippen molar-refractivity contribution in [2.24, 2.45) is 34.5 Å². The second kappa shape index (κ2) is 7.22. The van der Waals surface area contributed by atoms with Crippen LogP contribution in [-0.4, -0.2) is 19.2 Å². The van der Waals surface area contributed by atoms with Crippen LogP contribution in [0.1, 0.15) is 79.1 Å². The van der Waals surface area contributed by atoms with Gasteiger partial charge in [0.05, 0.1) is 13.4 Å². The van der Waals surface area contributed by atoms with Crippen molar-refractivity contribution in [2.45, 2.75) is 85.2 Å². The summed E-state index contributed by atoms with van der Waals surface area (Å²) in [5.74, 6) is 2.99. The molecule has 0 spiro atoms. The predicted octanol–water partition coefficient (Wildman–Crippen LogP) is 6.05. The molecule has 3 nitrogen and oxygen atoms in total. The lowest BCUT2D eigenvalue weighted by Gasteiger charge is -2.58. The lowest BCUT2D eigenvalue weighted by molar-refractivity contribution is -0.148. The van der Waals surface area contributed by atoms with Gasteiger partial charge in [0.15, 0.2) is 0 Å². The molecule has 0 aromatic rings. The van der Waals surface area contributed by atoms with Gasteiger partial charge >= 0.3 is 5.97 Å². The van der Waals surface area contributed by atoms with E-state index < -0.39 is 0 Å². The number of carbonyl (C=O) groups excluding carboxylic acids is 1. The molecule has 0 amide bonds. The van der Waals surface area contributed by atoms with E-state index in [0.717, 1.165) is 30.6 Å². The fraction of sp³-hybridized carbons (Fsp3) is 0.800. The van der Waals surface area contributed by atoms with Crippen molar-refractivity contribution in [2.75, 3.05) is 7.11 Å². The standard InChI is InChI=1S/C25H38O3/c1-16(15-27-5)21-8-9-22-20-7-6-18-14-19(28-17(2)26)10-12-24(18,3)23(20)11-13-25(21,22)4/h6,15,19-23H,7-14H2,1-5H3/b16-15+/t19-,20-,21+,22-,23-,24-,25+/m0/s1. The summed E-state index contributed by atoms with van der Waals surface area (Å²) in [6.07, 6.45) is 14.4. The van der Waals surface area contributed by atoms with Gasteiger partial charge in [-0.3, -0.25) is 4.79 Å². The number of fused-ring (bicyclic) bond motifs is 5. The first-order valence-corrected chi connectivity index (χ1v) is 11.4. The molecule has 156 valence electrons. The Kier molecular flexibility index (Phi) is 5.17. The third kappa shape index (κ3) is 3.04. The Morgan fingerprint density at radius 2 is 1.89 bits per heavy atom. The molecule has 4 aliphatic rings. The summed E-state index contributed by atoms with van der Waals surface area (Å²) in [5.41, 5.74) is 3.76. The molecule has 0 aliphatic heterocycles. The van der Waals surface area contributed by atoms with Crippen LogP contribution in [0.3, 0.4) is 0 Å². The van der Waals surface area contributed by atoms with Gasteiger partial charge in [-0.05, 0) is 91.9 Å². The van der Waals surface area contributed by atoms with Gasteiger partial charge in [0.1, 0.15) is 6.10 Å². The van der Waals surface area contributed by atoms with Gasteiger partial charge in [0.25, 0.3) is 0 Å². The molecule has 0 heterocycles. The molecule has 0 saturated heterocycles. The van der Waals surface area contributed by atoms with Crippen LogP contribution in [0.4, 0.5) is 0 Å². The predicted molar refractivity (Wildman–Crippen MR) is 112 cm³/mol. The van der Waals surface area contributed by atoms with Gasteiger partial charge in [-0.15, -0.1) is 0 Å². The first-order chi connectivity index (χ1) is 13.3. The molecular formula is C25H38O3. The third-order valence-corrected chi connectivity index (χ3v) is 9.24.